The normalized spacial score (nSPS) is 11.2. The maximum Gasteiger partial charge on any atom is 0.416 e. The van der Waals surface area contributed by atoms with E-state index in [1.807, 2.05) is 57.2 Å². The van der Waals surface area contributed by atoms with Crippen LogP contribution in [0.5, 0.6) is 0 Å². The highest BCUT2D eigenvalue weighted by Gasteiger charge is 2.30. The summed E-state index contributed by atoms with van der Waals surface area (Å²) in [5, 5.41) is 15.0. The van der Waals surface area contributed by atoms with Gasteiger partial charge in [0.25, 0.3) is 11.8 Å². The number of carboxylic acid groups (broad SMARTS) is 1. The van der Waals surface area contributed by atoms with E-state index < -0.39 is 23.4 Å². The Bertz CT molecular complexity index is 2400. The number of rotatable bonds is 10. The summed E-state index contributed by atoms with van der Waals surface area (Å²) in [6.45, 7) is 6.17. The fourth-order valence-electron chi connectivity index (χ4n) is 5.69. The summed E-state index contributed by atoms with van der Waals surface area (Å²) in [4.78, 5) is 53.7. The van der Waals surface area contributed by atoms with Crippen molar-refractivity contribution in [2.45, 2.75) is 52.1 Å². The molecule has 2 aromatic heterocycles. The van der Waals surface area contributed by atoms with Crippen LogP contribution in [0.4, 0.5) is 29.9 Å². The SMILES string of the molecule is CC(C)(C)N(Cc1cccc(CNC(=O)c2ccc(-c3ccnc(N)n3)cc2)c1)C(=O)O.Nc1nccc(-c2ccc(C(=O)NCc3cccc(C(F)(F)F)c3)cc2)n1. The van der Waals surface area contributed by atoms with Crippen molar-refractivity contribution >= 4 is 29.8 Å². The van der Waals surface area contributed by atoms with Crippen LogP contribution in [0.3, 0.4) is 0 Å². The van der Waals surface area contributed by atoms with E-state index in [4.69, 9.17) is 11.5 Å². The van der Waals surface area contributed by atoms with Gasteiger partial charge in [-0.2, -0.15) is 13.2 Å². The van der Waals surface area contributed by atoms with Crippen molar-refractivity contribution in [1.82, 2.24) is 35.5 Å². The highest BCUT2D eigenvalue weighted by Crippen LogP contribution is 2.29. The third-order valence-corrected chi connectivity index (χ3v) is 8.77. The zero-order valence-electron chi connectivity index (χ0n) is 32.4. The molecule has 6 aromatic rings. The van der Waals surface area contributed by atoms with Gasteiger partial charge < -0.3 is 27.2 Å². The zero-order valence-corrected chi connectivity index (χ0v) is 32.4. The molecule has 0 aliphatic carbocycles. The molecule has 0 bridgehead atoms. The second-order valence-electron chi connectivity index (χ2n) is 14.2. The molecule has 2 heterocycles. The van der Waals surface area contributed by atoms with Gasteiger partial charge in [0.1, 0.15) is 0 Å². The number of nitrogens with two attached hydrogens (primary N) is 2. The molecule has 0 aliphatic rings. The first kappa shape index (κ1) is 42.8. The first-order chi connectivity index (χ1) is 28.0. The third-order valence-electron chi connectivity index (χ3n) is 8.77. The lowest BCUT2D eigenvalue weighted by Gasteiger charge is -2.33. The van der Waals surface area contributed by atoms with Crippen LogP contribution < -0.4 is 22.1 Å². The lowest BCUT2D eigenvalue weighted by Crippen LogP contribution is -2.44. The van der Waals surface area contributed by atoms with E-state index in [1.54, 1.807) is 54.7 Å². The Morgan fingerprint density at radius 3 is 1.51 bits per heavy atom. The second-order valence-corrected chi connectivity index (χ2v) is 14.2. The van der Waals surface area contributed by atoms with Crippen LogP contribution in [-0.4, -0.2) is 53.4 Å². The predicted molar refractivity (Wildman–Crippen MR) is 217 cm³/mol. The lowest BCUT2D eigenvalue weighted by molar-refractivity contribution is -0.137. The first-order valence-electron chi connectivity index (χ1n) is 18.1. The minimum atomic E-state index is -4.42. The van der Waals surface area contributed by atoms with Gasteiger partial charge in [0, 0.05) is 59.8 Å². The Labute approximate surface area is 338 Å². The molecule has 0 saturated carbocycles. The monoisotopic (exact) mass is 805 g/mol. The van der Waals surface area contributed by atoms with E-state index in [0.717, 1.165) is 34.4 Å². The number of carbonyl (C=O) groups excluding carboxylic acids is 2. The van der Waals surface area contributed by atoms with E-state index in [1.165, 1.54) is 23.2 Å². The number of nitrogen functional groups attached to an aromatic ring is 2. The van der Waals surface area contributed by atoms with Gasteiger partial charge in [-0.3, -0.25) is 14.5 Å². The van der Waals surface area contributed by atoms with Crippen molar-refractivity contribution in [2.24, 2.45) is 0 Å². The van der Waals surface area contributed by atoms with Crippen LogP contribution >= 0.6 is 0 Å². The molecule has 0 fully saturated rings. The number of benzene rings is 4. The minimum Gasteiger partial charge on any atom is -0.465 e. The Balaban J connectivity index is 0.000000227. The minimum absolute atomic E-state index is 0.00700. The van der Waals surface area contributed by atoms with Gasteiger partial charge in [-0.25, -0.2) is 24.7 Å². The third kappa shape index (κ3) is 12.3. The average molecular weight is 806 g/mol. The maximum absolute atomic E-state index is 12.7. The van der Waals surface area contributed by atoms with Crippen molar-refractivity contribution in [1.29, 1.82) is 0 Å². The van der Waals surface area contributed by atoms with Crippen LogP contribution in [0.2, 0.25) is 0 Å². The van der Waals surface area contributed by atoms with Crippen molar-refractivity contribution < 1.29 is 32.7 Å². The molecule has 16 heteroatoms. The molecule has 304 valence electrons. The number of alkyl halides is 3. The Morgan fingerprint density at radius 2 is 1.08 bits per heavy atom. The van der Waals surface area contributed by atoms with Gasteiger partial charge in [-0.1, -0.05) is 60.7 Å². The van der Waals surface area contributed by atoms with E-state index in [-0.39, 0.29) is 36.8 Å². The number of aromatic nitrogens is 4. The van der Waals surface area contributed by atoms with Crippen molar-refractivity contribution in [2.75, 3.05) is 11.5 Å². The summed E-state index contributed by atoms with van der Waals surface area (Å²) in [5.74, 6) is -0.247. The fourth-order valence-corrected chi connectivity index (χ4v) is 5.69. The molecule has 0 radical (unpaired) electrons. The van der Waals surface area contributed by atoms with Crippen molar-refractivity contribution in [3.63, 3.8) is 0 Å². The van der Waals surface area contributed by atoms with E-state index in [2.05, 4.69) is 30.6 Å². The molecule has 59 heavy (non-hydrogen) atoms. The van der Waals surface area contributed by atoms with Crippen LogP contribution in [-0.2, 0) is 25.8 Å². The number of hydrogen-bond donors (Lipinski definition) is 5. The van der Waals surface area contributed by atoms with Gasteiger partial charge in [0.2, 0.25) is 11.9 Å². The Hall–Kier alpha value is -7.36. The fraction of sp³-hybridized carbons (Fsp3) is 0.186. The quantitative estimate of drug-likeness (QED) is 0.0917. The molecule has 4 aromatic carbocycles. The van der Waals surface area contributed by atoms with E-state index in [9.17, 15) is 32.7 Å². The molecule has 0 saturated heterocycles. The van der Waals surface area contributed by atoms with Gasteiger partial charge in [0.05, 0.1) is 17.0 Å². The van der Waals surface area contributed by atoms with Gasteiger partial charge in [0.15, 0.2) is 0 Å². The molecule has 6 rings (SSSR count). The smallest absolute Gasteiger partial charge is 0.416 e. The molecule has 3 amide bonds. The van der Waals surface area contributed by atoms with Crippen LogP contribution in [0.15, 0.2) is 122 Å². The molecule has 0 unspecified atom stereocenters. The number of carbonyl (C=O) groups is 3. The van der Waals surface area contributed by atoms with Crippen LogP contribution in [0.25, 0.3) is 22.5 Å². The number of amides is 3. The zero-order chi connectivity index (χ0) is 42.7. The number of nitrogens with one attached hydrogen (secondary N) is 2. The maximum atomic E-state index is 12.7. The number of nitrogens with zero attached hydrogens (tertiary/aromatic N) is 5. The summed E-state index contributed by atoms with van der Waals surface area (Å²) in [7, 11) is 0. The molecular weight excluding hydrogens is 764 g/mol. The summed E-state index contributed by atoms with van der Waals surface area (Å²) < 4.78 is 38.2. The van der Waals surface area contributed by atoms with Gasteiger partial charge in [-0.15, -0.1) is 0 Å². The first-order valence-corrected chi connectivity index (χ1v) is 18.1. The molecule has 13 nitrogen and oxygen atoms in total. The van der Waals surface area contributed by atoms with Crippen LogP contribution in [0, 0.1) is 0 Å². The summed E-state index contributed by atoms with van der Waals surface area (Å²) in [6.07, 6.45) is -2.26. The highest BCUT2D eigenvalue weighted by molar-refractivity contribution is 5.95. The number of anilines is 2. The molecule has 0 aliphatic heterocycles. The van der Waals surface area contributed by atoms with Gasteiger partial charge >= 0.3 is 12.3 Å². The summed E-state index contributed by atoms with van der Waals surface area (Å²) in [5.41, 5.74) is 15.9. The van der Waals surface area contributed by atoms with Gasteiger partial charge in [-0.05, 0) is 86.0 Å². The average Bonchev–Trinajstić information content (AvgIpc) is 3.21. The molecule has 0 spiro atoms. The predicted octanol–water partition coefficient (Wildman–Crippen LogP) is 7.61. The lowest BCUT2D eigenvalue weighted by atomic mass is 10.0. The van der Waals surface area contributed by atoms with E-state index in [0.29, 0.717) is 34.6 Å². The summed E-state index contributed by atoms with van der Waals surface area (Å²) >= 11 is 0. The standard InChI is InChI=1S/C24H27N5O3.C19H15F3N4O/c1-24(2,3)29(23(31)32)15-17-6-4-5-16(13-17)14-27-21(30)19-9-7-18(8-10-19)20-11-12-26-22(25)28-20;20-19(21,22)15-3-1-2-12(10-15)11-25-17(27)14-6-4-13(5-7-14)16-8-9-24-18(23)26-16/h4-13H,14-15H2,1-3H3,(H,27,30)(H,31,32)(H2,25,26,28);1-10H,11H2,(H,25,27)(H2,23,24,26). The number of hydrogen-bond acceptors (Lipinski definition) is 9. The van der Waals surface area contributed by atoms with Crippen molar-refractivity contribution in [3.8, 4) is 22.5 Å². The highest BCUT2D eigenvalue weighted by atomic mass is 19.4. The topological polar surface area (TPSA) is 202 Å². The summed E-state index contributed by atoms with van der Waals surface area (Å²) in [6, 6.07) is 29.5. The molecular formula is C43H42F3N9O4. The Morgan fingerprint density at radius 1 is 0.644 bits per heavy atom. The van der Waals surface area contributed by atoms with Crippen LogP contribution in [0.1, 0.15) is 63.7 Å². The molecule has 7 N–H and O–H groups in total. The van der Waals surface area contributed by atoms with E-state index >= 15 is 0 Å². The molecule has 0 atom stereocenters. The second kappa shape index (κ2) is 18.7. The Kier molecular flexibility index (Phi) is 13.6. The van der Waals surface area contributed by atoms with Crippen molar-refractivity contribution in [3.05, 3.63) is 155 Å². The number of halogens is 3. The largest absolute Gasteiger partial charge is 0.465 e.